The number of halogens is 1. The number of hydrogen-bond donors (Lipinski definition) is 1. The molecule has 4 rings (SSSR count). The van der Waals surface area contributed by atoms with E-state index >= 15 is 0 Å². The fourth-order valence-electron chi connectivity index (χ4n) is 3.09. The molecule has 1 unspecified atom stereocenters. The number of sulfonamides is 1. The van der Waals surface area contributed by atoms with E-state index in [0.29, 0.717) is 16.8 Å². The zero-order valence-electron chi connectivity index (χ0n) is 14.6. The molecule has 0 spiro atoms. The molecule has 1 aliphatic heterocycles. The molecule has 2 heterocycles. The zero-order chi connectivity index (χ0) is 19.2. The normalized spacial score (nSPS) is 19.7. The van der Waals surface area contributed by atoms with Crippen LogP contribution in [0.1, 0.15) is 37.0 Å². The van der Waals surface area contributed by atoms with Crippen molar-refractivity contribution in [2.75, 3.05) is 11.4 Å². The van der Waals surface area contributed by atoms with Gasteiger partial charge in [-0.05, 0) is 55.5 Å². The topological polar surface area (TPSA) is 75.7 Å². The molecule has 1 aromatic heterocycles. The van der Waals surface area contributed by atoms with Gasteiger partial charge in [0, 0.05) is 18.7 Å². The Morgan fingerprint density at radius 3 is 2.74 bits per heavy atom. The molecule has 27 heavy (non-hydrogen) atoms. The van der Waals surface area contributed by atoms with Gasteiger partial charge in [-0.25, -0.2) is 17.9 Å². The van der Waals surface area contributed by atoms with Crippen molar-refractivity contribution in [1.29, 1.82) is 0 Å². The molecule has 1 N–H and O–H groups in total. The third kappa shape index (κ3) is 3.99. The number of nitrogens with one attached hydrogen (secondary N) is 1. The van der Waals surface area contributed by atoms with Gasteiger partial charge in [0.15, 0.2) is 0 Å². The fourth-order valence-corrected chi connectivity index (χ4v) is 5.63. The summed E-state index contributed by atoms with van der Waals surface area (Å²) in [5.41, 5.74) is 2.55. The summed E-state index contributed by atoms with van der Waals surface area (Å²) in [7, 11) is -3.61. The molecule has 2 aliphatic rings. The van der Waals surface area contributed by atoms with E-state index in [0.717, 1.165) is 41.0 Å². The molecule has 0 bridgehead atoms. The summed E-state index contributed by atoms with van der Waals surface area (Å²) < 4.78 is 33.4. The average molecular weight is 427 g/mol. The highest BCUT2D eigenvalue weighted by Crippen LogP contribution is 2.39. The van der Waals surface area contributed by atoms with Gasteiger partial charge in [-0.2, -0.15) is 0 Å². The Morgan fingerprint density at radius 1 is 1.30 bits per heavy atom. The fraction of sp³-hybridized carbons (Fsp3) is 0.389. The first-order valence-corrected chi connectivity index (χ1v) is 11.4. The van der Waals surface area contributed by atoms with Gasteiger partial charge < -0.3 is 4.74 Å². The molecule has 0 radical (unpaired) electrons. The minimum atomic E-state index is -3.61. The summed E-state index contributed by atoms with van der Waals surface area (Å²) in [6.45, 7) is 2.64. The molecule has 0 saturated heterocycles. The Labute approximate surface area is 167 Å². The summed E-state index contributed by atoms with van der Waals surface area (Å²) in [5, 5.41) is 0. The van der Waals surface area contributed by atoms with Crippen LogP contribution in [0.3, 0.4) is 0 Å². The first-order valence-electron chi connectivity index (χ1n) is 8.69. The van der Waals surface area contributed by atoms with Gasteiger partial charge in [-0.3, -0.25) is 4.90 Å². The Balaban J connectivity index is 1.53. The Morgan fingerprint density at radius 2 is 2.07 bits per heavy atom. The van der Waals surface area contributed by atoms with Crippen molar-refractivity contribution in [3.63, 3.8) is 0 Å². The van der Waals surface area contributed by atoms with Gasteiger partial charge in [0.25, 0.3) is 0 Å². The largest absolute Gasteiger partial charge is 0.441 e. The van der Waals surface area contributed by atoms with Crippen molar-refractivity contribution in [3.05, 3.63) is 45.8 Å². The molecule has 1 aliphatic carbocycles. The maximum absolute atomic E-state index is 12.4. The first kappa shape index (κ1) is 18.7. The molecular formula is C18H19ClN2O4S2. The second-order valence-electron chi connectivity index (χ2n) is 6.86. The lowest BCUT2D eigenvalue weighted by Crippen LogP contribution is -2.38. The predicted molar refractivity (Wildman–Crippen MR) is 105 cm³/mol. The number of cyclic esters (lactones) is 1. The number of thiophene rings is 1. The van der Waals surface area contributed by atoms with Crippen LogP contribution in [0.25, 0.3) is 0 Å². The molecular weight excluding hydrogens is 408 g/mol. The van der Waals surface area contributed by atoms with Crippen molar-refractivity contribution in [2.24, 2.45) is 5.92 Å². The second-order valence-corrected chi connectivity index (χ2v) is 10.6. The molecule has 9 heteroatoms. The zero-order valence-corrected chi connectivity index (χ0v) is 17.0. The molecule has 144 valence electrons. The van der Waals surface area contributed by atoms with E-state index in [-0.39, 0.29) is 23.0 Å². The lowest BCUT2D eigenvalue weighted by Gasteiger charge is -2.33. The van der Waals surface area contributed by atoms with Crippen LogP contribution in [0.15, 0.2) is 34.5 Å². The van der Waals surface area contributed by atoms with Crippen molar-refractivity contribution in [2.45, 2.75) is 36.6 Å². The lowest BCUT2D eigenvalue weighted by molar-refractivity contribution is 0.107. The summed E-state index contributed by atoms with van der Waals surface area (Å²) in [6.07, 6.45) is 1.60. The second kappa shape index (κ2) is 7.09. The maximum atomic E-state index is 12.4. The standard InChI is InChI=1S/C18H19ClN2O4S2/c1-11-14-8-13(9-20-27(23,24)17-7-6-16(19)26-17)4-5-15(14)21(18(22)25-11)10-12-2-3-12/h4-8,11-12,20H,2-3,9-10H2,1H3. The summed E-state index contributed by atoms with van der Waals surface area (Å²) in [6, 6.07) is 8.66. The number of ether oxygens (including phenoxy) is 1. The van der Waals surface area contributed by atoms with Crippen LogP contribution in [-0.2, 0) is 21.3 Å². The summed E-state index contributed by atoms with van der Waals surface area (Å²) >= 11 is 6.84. The summed E-state index contributed by atoms with van der Waals surface area (Å²) in [5.74, 6) is 0.544. The van der Waals surface area contributed by atoms with Gasteiger partial charge in [0.2, 0.25) is 10.0 Å². The van der Waals surface area contributed by atoms with Crippen molar-refractivity contribution >= 4 is 44.7 Å². The highest BCUT2D eigenvalue weighted by molar-refractivity contribution is 7.91. The Kier molecular flexibility index (Phi) is 4.92. The van der Waals surface area contributed by atoms with E-state index in [1.54, 1.807) is 11.0 Å². The van der Waals surface area contributed by atoms with Gasteiger partial charge in [-0.1, -0.05) is 17.7 Å². The highest BCUT2D eigenvalue weighted by Gasteiger charge is 2.34. The van der Waals surface area contributed by atoms with E-state index in [9.17, 15) is 13.2 Å². The molecule has 1 atom stereocenters. The van der Waals surface area contributed by atoms with E-state index < -0.39 is 10.0 Å². The van der Waals surface area contributed by atoms with Crippen LogP contribution in [0.2, 0.25) is 4.34 Å². The number of fused-ring (bicyclic) bond motifs is 1. The number of amides is 1. The average Bonchev–Trinajstić information content (AvgIpc) is 3.34. The smallest absolute Gasteiger partial charge is 0.414 e. The van der Waals surface area contributed by atoms with E-state index in [1.807, 2.05) is 25.1 Å². The van der Waals surface area contributed by atoms with Crippen molar-refractivity contribution in [1.82, 2.24) is 4.72 Å². The van der Waals surface area contributed by atoms with Crippen LogP contribution < -0.4 is 9.62 Å². The number of carbonyl (C=O) groups excluding carboxylic acids is 1. The van der Waals surface area contributed by atoms with Gasteiger partial charge >= 0.3 is 6.09 Å². The number of rotatable bonds is 6. The molecule has 1 aromatic carbocycles. The molecule has 1 fully saturated rings. The Hall–Kier alpha value is -1.61. The van der Waals surface area contributed by atoms with Crippen LogP contribution in [0, 0.1) is 5.92 Å². The van der Waals surface area contributed by atoms with Gasteiger partial charge in [0.1, 0.15) is 10.3 Å². The van der Waals surface area contributed by atoms with Gasteiger partial charge in [-0.15, -0.1) is 11.3 Å². The quantitative estimate of drug-likeness (QED) is 0.746. The number of hydrogen-bond acceptors (Lipinski definition) is 5. The molecule has 1 amide bonds. The van der Waals surface area contributed by atoms with E-state index in [2.05, 4.69) is 4.72 Å². The summed E-state index contributed by atoms with van der Waals surface area (Å²) in [4.78, 5) is 13.9. The SMILES string of the molecule is CC1OC(=O)N(CC2CC2)c2ccc(CNS(=O)(=O)c3ccc(Cl)s3)cc21. The van der Waals surface area contributed by atoms with E-state index in [4.69, 9.17) is 16.3 Å². The third-order valence-corrected chi connectivity index (χ3v) is 7.86. The number of benzene rings is 1. The predicted octanol–water partition coefficient (Wildman–Crippen LogP) is 4.31. The van der Waals surface area contributed by atoms with E-state index in [1.165, 1.54) is 6.07 Å². The monoisotopic (exact) mass is 426 g/mol. The highest BCUT2D eigenvalue weighted by atomic mass is 35.5. The molecule has 2 aromatic rings. The molecule has 6 nitrogen and oxygen atoms in total. The minimum absolute atomic E-state index is 0.147. The van der Waals surface area contributed by atoms with Crippen LogP contribution >= 0.6 is 22.9 Å². The maximum Gasteiger partial charge on any atom is 0.414 e. The third-order valence-electron chi connectivity index (χ3n) is 4.74. The first-order chi connectivity index (χ1) is 12.8. The number of nitrogens with zero attached hydrogens (tertiary/aromatic N) is 1. The Bertz CT molecular complexity index is 985. The van der Waals surface area contributed by atoms with Crippen LogP contribution in [0.4, 0.5) is 10.5 Å². The number of carbonyl (C=O) groups is 1. The number of anilines is 1. The lowest BCUT2D eigenvalue weighted by atomic mass is 10.0. The molecule has 1 saturated carbocycles. The minimum Gasteiger partial charge on any atom is -0.441 e. The van der Waals surface area contributed by atoms with Crippen LogP contribution in [0.5, 0.6) is 0 Å². The van der Waals surface area contributed by atoms with Gasteiger partial charge in [0.05, 0.1) is 10.0 Å². The van der Waals surface area contributed by atoms with Crippen molar-refractivity contribution in [3.8, 4) is 0 Å². The van der Waals surface area contributed by atoms with Crippen LogP contribution in [-0.4, -0.2) is 21.1 Å². The van der Waals surface area contributed by atoms with Crippen molar-refractivity contribution < 1.29 is 17.9 Å².